The van der Waals surface area contributed by atoms with E-state index in [9.17, 15) is 0 Å². The van der Waals surface area contributed by atoms with Crippen molar-refractivity contribution in [3.05, 3.63) is 16.7 Å². The lowest BCUT2D eigenvalue weighted by Gasteiger charge is -2.32. The SMILES string of the molecule is [B]c1c([B])c(C)c([B])c(-c2c([B])c(-c3c([B])c([B])c([B])c(C)c3[B])c([B])c(C(C)C)c2[B])c1[B]. The molecule has 0 unspecified atom stereocenters. The molecule has 0 aromatic heterocycles. The molecule has 138 valence electrons. The van der Waals surface area contributed by atoms with E-state index < -0.39 is 0 Å². The van der Waals surface area contributed by atoms with Gasteiger partial charge in [-0.25, -0.2) is 0 Å². The average molecular weight is 408 g/mol. The fraction of sp³-hybridized carbons (Fsp3) is 0.217. The third kappa shape index (κ3) is 3.86. The van der Waals surface area contributed by atoms with Crippen LogP contribution in [0, 0.1) is 13.8 Å². The minimum absolute atomic E-state index is 0.109. The average Bonchev–Trinajstić information content (AvgIpc) is 2.77. The van der Waals surface area contributed by atoms with Crippen LogP contribution in [0.2, 0.25) is 0 Å². The molecule has 3 aromatic rings. The van der Waals surface area contributed by atoms with Gasteiger partial charge in [0.2, 0.25) is 0 Å². The highest BCUT2D eigenvalue weighted by Crippen LogP contribution is 2.22. The predicted octanol–water partition coefficient (Wildman–Crippen LogP) is -6.51. The molecule has 0 aliphatic carbocycles. The van der Waals surface area contributed by atoms with Crippen LogP contribution in [0.15, 0.2) is 0 Å². The maximum atomic E-state index is 6.74. The maximum absolute atomic E-state index is 6.74. The minimum Gasteiger partial charge on any atom is -0.110 e. The van der Waals surface area contributed by atoms with Gasteiger partial charge in [0.05, 0.1) is 0 Å². The first-order valence-corrected chi connectivity index (χ1v) is 10.6. The fourth-order valence-electron chi connectivity index (χ4n) is 4.45. The van der Waals surface area contributed by atoms with E-state index in [2.05, 4.69) is 0 Å². The molecule has 11 heteroatoms. The van der Waals surface area contributed by atoms with E-state index in [0.29, 0.717) is 60.8 Å². The molecule has 0 fully saturated rings. The Morgan fingerprint density at radius 3 is 0.941 bits per heavy atom. The zero-order valence-electron chi connectivity index (χ0n) is 19.9. The monoisotopic (exact) mass is 410 g/mol. The Kier molecular flexibility index (Phi) is 7.49. The van der Waals surface area contributed by atoms with Crippen molar-refractivity contribution >= 4 is 146 Å². The fourth-order valence-corrected chi connectivity index (χ4v) is 4.45. The van der Waals surface area contributed by atoms with E-state index >= 15 is 0 Å². The molecule has 0 saturated carbocycles. The summed E-state index contributed by atoms with van der Waals surface area (Å²) >= 11 is 0. The Balaban J connectivity index is 2.66. The van der Waals surface area contributed by atoms with Crippen molar-refractivity contribution in [2.75, 3.05) is 0 Å². The summed E-state index contributed by atoms with van der Waals surface area (Å²) in [6, 6.07) is 0. The second-order valence-corrected chi connectivity index (χ2v) is 8.87. The van der Waals surface area contributed by atoms with E-state index in [1.54, 1.807) is 13.8 Å². The molecule has 0 saturated heterocycles. The van der Waals surface area contributed by atoms with Gasteiger partial charge in [-0.2, -0.15) is 0 Å². The Morgan fingerprint density at radius 1 is 0.353 bits per heavy atom. The third-order valence-electron chi connectivity index (χ3n) is 6.59. The lowest BCUT2D eigenvalue weighted by atomic mass is 9.56. The van der Waals surface area contributed by atoms with E-state index in [4.69, 9.17) is 86.3 Å². The molecular weight excluding hydrogens is 395 g/mol. The molecule has 0 nitrogen and oxygen atoms in total. The summed E-state index contributed by atoms with van der Waals surface area (Å²) in [7, 11) is 70.3. The van der Waals surface area contributed by atoms with Gasteiger partial charge in [0.15, 0.2) is 0 Å². The first-order chi connectivity index (χ1) is 15.7. The number of benzene rings is 3. The van der Waals surface area contributed by atoms with E-state index in [1.807, 2.05) is 13.8 Å². The summed E-state index contributed by atoms with van der Waals surface area (Å²) in [5.41, 5.74) is 5.79. The standard InChI is InChI=1S/C23H13B11/c1-5(2)8-17(28)11(9-13(24)6(3)15(26)22(33)20(9)31)19(30)12(18(8)29)10-14(25)7(4)16(27)23(34)21(10)32/h5H,1-4H3. The minimum atomic E-state index is -0.109. The van der Waals surface area contributed by atoms with Gasteiger partial charge in [-0.15, -0.1) is 21.9 Å². The summed E-state index contributed by atoms with van der Waals surface area (Å²) in [5.74, 6) is -0.109. The maximum Gasteiger partial charge on any atom is 0.115 e. The summed E-state index contributed by atoms with van der Waals surface area (Å²) in [6.07, 6.45) is 0. The van der Waals surface area contributed by atoms with Crippen LogP contribution in [0.4, 0.5) is 0 Å². The summed E-state index contributed by atoms with van der Waals surface area (Å²) < 4.78 is 0. The summed E-state index contributed by atoms with van der Waals surface area (Å²) in [5, 5.41) is 0. The van der Waals surface area contributed by atoms with Crippen LogP contribution < -0.4 is 60.1 Å². The van der Waals surface area contributed by atoms with Crippen molar-refractivity contribution in [3.8, 4) is 22.3 Å². The number of hydrogen-bond donors (Lipinski definition) is 0. The normalized spacial score (nSPS) is 11.3. The van der Waals surface area contributed by atoms with Gasteiger partial charge < -0.3 is 0 Å². The van der Waals surface area contributed by atoms with Gasteiger partial charge >= 0.3 is 0 Å². The molecule has 3 rings (SSSR count). The third-order valence-corrected chi connectivity index (χ3v) is 6.59. The molecule has 0 N–H and O–H groups in total. The van der Waals surface area contributed by atoms with Crippen molar-refractivity contribution in [1.82, 2.24) is 0 Å². The van der Waals surface area contributed by atoms with Gasteiger partial charge in [0.25, 0.3) is 0 Å². The lowest BCUT2D eigenvalue weighted by molar-refractivity contribution is 0.881. The molecule has 0 aliphatic rings. The van der Waals surface area contributed by atoms with Crippen LogP contribution in [0.3, 0.4) is 0 Å². The van der Waals surface area contributed by atoms with Crippen molar-refractivity contribution in [2.24, 2.45) is 0 Å². The molecular formula is C23H13B11. The van der Waals surface area contributed by atoms with Crippen molar-refractivity contribution < 1.29 is 0 Å². The Morgan fingerprint density at radius 2 is 0.647 bits per heavy atom. The number of rotatable bonds is 3. The first kappa shape index (κ1) is 27.0. The molecule has 3 aromatic carbocycles. The smallest absolute Gasteiger partial charge is 0.110 e. The zero-order chi connectivity index (χ0) is 26.0. The van der Waals surface area contributed by atoms with Crippen LogP contribution in [0.5, 0.6) is 0 Å². The Bertz CT molecular complexity index is 1200. The molecule has 22 radical (unpaired) electrons. The van der Waals surface area contributed by atoms with Crippen LogP contribution in [-0.2, 0) is 0 Å². The quantitative estimate of drug-likeness (QED) is 0.379. The second-order valence-electron chi connectivity index (χ2n) is 8.87. The van der Waals surface area contributed by atoms with Crippen molar-refractivity contribution in [1.29, 1.82) is 0 Å². The van der Waals surface area contributed by atoms with Gasteiger partial charge in [-0.1, -0.05) is 68.8 Å². The molecule has 0 aliphatic heterocycles. The topological polar surface area (TPSA) is 0 Å². The van der Waals surface area contributed by atoms with Crippen LogP contribution >= 0.6 is 0 Å². The van der Waals surface area contributed by atoms with E-state index in [-0.39, 0.29) is 44.2 Å². The van der Waals surface area contributed by atoms with Crippen LogP contribution in [0.1, 0.15) is 36.5 Å². The largest absolute Gasteiger partial charge is 0.115 e. The Hall–Kier alpha value is -1.63. The van der Waals surface area contributed by atoms with Crippen molar-refractivity contribution in [3.63, 3.8) is 0 Å². The molecule has 0 spiro atoms. The van der Waals surface area contributed by atoms with Crippen LogP contribution in [0.25, 0.3) is 22.3 Å². The van der Waals surface area contributed by atoms with Crippen LogP contribution in [-0.4, -0.2) is 86.3 Å². The highest BCUT2D eigenvalue weighted by Gasteiger charge is 2.24. The molecule has 0 atom stereocenters. The Labute approximate surface area is 218 Å². The number of hydrogen-bond acceptors (Lipinski definition) is 0. The first-order valence-electron chi connectivity index (χ1n) is 10.6. The van der Waals surface area contributed by atoms with E-state index in [0.717, 1.165) is 0 Å². The second kappa shape index (κ2) is 9.44. The summed E-state index contributed by atoms with van der Waals surface area (Å²) in [4.78, 5) is 0. The van der Waals surface area contributed by atoms with Crippen molar-refractivity contribution in [2.45, 2.75) is 33.6 Å². The van der Waals surface area contributed by atoms with Gasteiger partial charge in [-0.05, 0) is 42.0 Å². The van der Waals surface area contributed by atoms with Gasteiger partial charge in [0, 0.05) is 0 Å². The highest BCUT2D eigenvalue weighted by molar-refractivity contribution is 6.65. The highest BCUT2D eigenvalue weighted by atomic mass is 14.2. The molecule has 0 bridgehead atoms. The molecule has 34 heavy (non-hydrogen) atoms. The molecule has 0 heterocycles. The zero-order valence-corrected chi connectivity index (χ0v) is 19.9. The lowest BCUT2D eigenvalue weighted by Crippen LogP contribution is -2.50. The van der Waals surface area contributed by atoms with Gasteiger partial charge in [0.1, 0.15) is 86.3 Å². The summed E-state index contributed by atoms with van der Waals surface area (Å²) in [6.45, 7) is 7.35. The van der Waals surface area contributed by atoms with E-state index in [1.165, 1.54) is 0 Å². The molecule has 0 amide bonds. The van der Waals surface area contributed by atoms with Gasteiger partial charge in [-0.3, -0.25) is 0 Å². The predicted molar refractivity (Wildman–Crippen MR) is 160 cm³/mol.